The Morgan fingerprint density at radius 3 is 2.16 bits per heavy atom. The number of benzene rings is 2. The fraction of sp³-hybridized carbons (Fsp3) is 0.375. The smallest absolute Gasteiger partial charge is 0.407 e. The molecule has 38 heavy (non-hydrogen) atoms. The van der Waals surface area contributed by atoms with E-state index in [2.05, 4.69) is 0 Å². The molecule has 6 nitrogen and oxygen atoms in total. The molecule has 14 heteroatoms. The maximum Gasteiger partial charge on any atom is 0.420 e. The Hall–Kier alpha value is -3.13. The molecule has 0 saturated heterocycles. The van der Waals surface area contributed by atoms with Crippen molar-refractivity contribution in [1.82, 2.24) is 5.06 Å². The number of hydrogen-bond donors (Lipinski definition) is 0. The van der Waals surface area contributed by atoms with Crippen LogP contribution in [-0.2, 0) is 17.2 Å². The number of carbonyl (C=O) groups is 1. The summed E-state index contributed by atoms with van der Waals surface area (Å²) in [5.41, 5.74) is -3.99. The monoisotopic (exact) mass is 569 g/mol. The van der Waals surface area contributed by atoms with E-state index in [1.54, 1.807) is 11.8 Å². The van der Waals surface area contributed by atoms with Gasteiger partial charge >= 0.3 is 18.4 Å². The summed E-state index contributed by atoms with van der Waals surface area (Å²) in [5.74, 6) is -0.264. The van der Waals surface area contributed by atoms with Crippen LogP contribution in [0.1, 0.15) is 18.1 Å². The van der Waals surface area contributed by atoms with Crippen LogP contribution in [0.3, 0.4) is 0 Å². The van der Waals surface area contributed by atoms with Crippen molar-refractivity contribution in [2.75, 3.05) is 49.1 Å². The van der Waals surface area contributed by atoms with E-state index in [0.29, 0.717) is 18.4 Å². The normalized spacial score (nSPS) is 12.1. The summed E-state index contributed by atoms with van der Waals surface area (Å²) >= 11 is 1.60. The second-order valence-corrected chi connectivity index (χ2v) is 9.09. The number of anilines is 2. The van der Waals surface area contributed by atoms with E-state index in [9.17, 15) is 35.5 Å². The lowest BCUT2D eigenvalue weighted by molar-refractivity contribution is -0.143. The highest BCUT2D eigenvalue weighted by atomic mass is 32.2. The Bertz CT molecular complexity index is 1110. The van der Waals surface area contributed by atoms with Crippen LogP contribution in [0, 0.1) is 5.82 Å². The van der Waals surface area contributed by atoms with Gasteiger partial charge in [0.2, 0.25) is 0 Å². The topological polar surface area (TPSA) is 45.2 Å². The zero-order valence-corrected chi connectivity index (χ0v) is 21.7. The van der Waals surface area contributed by atoms with Crippen LogP contribution in [0.15, 0.2) is 48.8 Å². The SMILES string of the molecule is CCSCCN(/C=C\N(C)c1cc(C(F)(F)F)cc(C(F)(F)F)c1OC(=O)N(C)c1ccc(F)cc1)OC. The first-order chi connectivity index (χ1) is 17.7. The van der Waals surface area contributed by atoms with Gasteiger partial charge in [0.1, 0.15) is 11.4 Å². The second-order valence-electron chi connectivity index (χ2n) is 7.70. The molecule has 0 bridgehead atoms. The summed E-state index contributed by atoms with van der Waals surface area (Å²) in [7, 11) is 3.70. The van der Waals surface area contributed by atoms with Crippen LogP contribution < -0.4 is 14.5 Å². The number of hydroxylamine groups is 2. The van der Waals surface area contributed by atoms with Gasteiger partial charge in [-0.2, -0.15) is 38.1 Å². The third-order valence-corrected chi connectivity index (χ3v) is 5.99. The number of amides is 1. The van der Waals surface area contributed by atoms with E-state index >= 15 is 0 Å². The van der Waals surface area contributed by atoms with Crippen molar-refractivity contribution < 1.29 is 45.1 Å². The summed E-state index contributed by atoms with van der Waals surface area (Å²) < 4.78 is 101. The molecular formula is C24H26F7N3O3S. The van der Waals surface area contributed by atoms with Gasteiger partial charge in [0.15, 0.2) is 5.75 Å². The highest BCUT2D eigenvalue weighted by Gasteiger charge is 2.41. The minimum Gasteiger partial charge on any atom is -0.407 e. The highest BCUT2D eigenvalue weighted by Crippen LogP contribution is 2.46. The summed E-state index contributed by atoms with van der Waals surface area (Å²) in [4.78, 5) is 19.6. The molecule has 1 amide bonds. The number of halogens is 7. The molecule has 0 aromatic heterocycles. The number of alkyl halides is 6. The Kier molecular flexibility index (Phi) is 10.7. The number of nitrogens with zero attached hydrogens (tertiary/aromatic N) is 3. The standard InChI is InChI=1S/C24H26F7N3O3S/c1-5-38-13-12-34(36-4)11-10-32(2)20-15-16(23(26,27)28)14-19(24(29,30)31)21(20)37-22(35)33(3)18-8-6-17(25)7-9-18/h6-11,14-15H,5,12-13H2,1-4H3/b11-10-. The zero-order valence-electron chi connectivity index (χ0n) is 20.9. The number of ether oxygens (including phenoxy) is 1. The highest BCUT2D eigenvalue weighted by molar-refractivity contribution is 7.99. The van der Waals surface area contributed by atoms with E-state index < -0.39 is 46.8 Å². The third kappa shape index (κ3) is 8.45. The van der Waals surface area contributed by atoms with Gasteiger partial charge in [0.25, 0.3) is 0 Å². The van der Waals surface area contributed by atoms with Gasteiger partial charge in [-0.05, 0) is 42.2 Å². The molecule has 0 N–H and O–H groups in total. The van der Waals surface area contributed by atoms with E-state index in [0.717, 1.165) is 34.7 Å². The number of carbonyl (C=O) groups excluding carboxylic acids is 1. The maximum absolute atomic E-state index is 13.9. The predicted octanol–water partition coefficient (Wildman–Crippen LogP) is 7.02. The molecule has 0 saturated carbocycles. The Morgan fingerprint density at radius 2 is 1.63 bits per heavy atom. The lowest BCUT2D eigenvalue weighted by Crippen LogP contribution is -2.31. The molecule has 2 rings (SSSR count). The summed E-state index contributed by atoms with van der Waals surface area (Å²) in [6, 6.07) is 4.72. The number of hydrogen-bond acceptors (Lipinski definition) is 6. The molecular weight excluding hydrogens is 543 g/mol. The molecule has 0 spiro atoms. The molecule has 0 aliphatic carbocycles. The van der Waals surface area contributed by atoms with Gasteiger partial charge in [-0.3, -0.25) is 14.8 Å². The average Bonchev–Trinajstić information content (AvgIpc) is 2.84. The molecule has 0 radical (unpaired) electrons. The minimum atomic E-state index is -5.30. The Balaban J connectivity index is 2.56. The average molecular weight is 570 g/mol. The molecule has 0 aliphatic heterocycles. The van der Waals surface area contributed by atoms with Gasteiger partial charge < -0.3 is 9.64 Å². The number of rotatable bonds is 10. The molecule has 0 fully saturated rings. The molecule has 2 aromatic carbocycles. The van der Waals surface area contributed by atoms with Gasteiger partial charge in [-0.15, -0.1) is 0 Å². The molecule has 210 valence electrons. The van der Waals surface area contributed by atoms with E-state index in [4.69, 9.17) is 9.57 Å². The van der Waals surface area contributed by atoms with Crippen molar-refractivity contribution in [3.8, 4) is 5.75 Å². The summed E-state index contributed by atoms with van der Waals surface area (Å²) in [6.45, 7) is 2.34. The number of thioether (sulfide) groups is 1. The van der Waals surface area contributed by atoms with E-state index in [-0.39, 0.29) is 11.8 Å². The minimum absolute atomic E-state index is 0.0763. The first kappa shape index (κ1) is 31.1. The second kappa shape index (κ2) is 13.1. The van der Waals surface area contributed by atoms with Gasteiger partial charge in [0, 0.05) is 37.9 Å². The molecule has 0 atom stereocenters. The summed E-state index contributed by atoms with van der Waals surface area (Å²) in [6.07, 6.45) is -9.27. The fourth-order valence-electron chi connectivity index (χ4n) is 3.06. The van der Waals surface area contributed by atoms with Crippen LogP contribution in [0.5, 0.6) is 5.75 Å². The van der Waals surface area contributed by atoms with Crippen molar-refractivity contribution in [2.24, 2.45) is 0 Å². The lowest BCUT2D eigenvalue weighted by Gasteiger charge is -2.26. The molecule has 2 aromatic rings. The van der Waals surface area contributed by atoms with E-state index in [1.165, 1.54) is 43.8 Å². The summed E-state index contributed by atoms with van der Waals surface area (Å²) in [5, 5.41) is 1.34. The Labute approximate surface area is 219 Å². The van der Waals surface area contributed by atoms with Crippen molar-refractivity contribution in [2.45, 2.75) is 19.3 Å². The van der Waals surface area contributed by atoms with Crippen molar-refractivity contribution >= 4 is 29.2 Å². The Morgan fingerprint density at radius 1 is 1.00 bits per heavy atom. The lowest BCUT2D eigenvalue weighted by atomic mass is 10.1. The van der Waals surface area contributed by atoms with Gasteiger partial charge in [-0.1, -0.05) is 6.92 Å². The van der Waals surface area contributed by atoms with Gasteiger partial charge in [0.05, 0.1) is 24.9 Å². The third-order valence-electron chi connectivity index (χ3n) is 5.11. The predicted molar refractivity (Wildman–Crippen MR) is 132 cm³/mol. The first-order valence-corrected chi connectivity index (χ1v) is 12.2. The van der Waals surface area contributed by atoms with Crippen LogP contribution in [0.4, 0.5) is 46.9 Å². The first-order valence-electron chi connectivity index (χ1n) is 11.0. The zero-order chi connectivity index (χ0) is 28.7. The van der Waals surface area contributed by atoms with Crippen molar-refractivity contribution in [3.05, 3.63) is 65.7 Å². The van der Waals surface area contributed by atoms with Crippen LogP contribution in [0.25, 0.3) is 0 Å². The molecule has 0 aliphatic rings. The van der Waals surface area contributed by atoms with Crippen molar-refractivity contribution in [3.63, 3.8) is 0 Å². The van der Waals surface area contributed by atoms with Crippen LogP contribution >= 0.6 is 11.8 Å². The largest absolute Gasteiger partial charge is 0.420 e. The fourth-order valence-corrected chi connectivity index (χ4v) is 3.66. The quantitative estimate of drug-likeness (QED) is 0.174. The van der Waals surface area contributed by atoms with Gasteiger partial charge in [-0.25, -0.2) is 9.18 Å². The molecule has 0 heterocycles. The van der Waals surface area contributed by atoms with Crippen LogP contribution in [-0.4, -0.2) is 50.4 Å². The van der Waals surface area contributed by atoms with E-state index in [1.807, 2.05) is 6.92 Å². The van der Waals surface area contributed by atoms with Crippen molar-refractivity contribution in [1.29, 1.82) is 0 Å². The van der Waals surface area contributed by atoms with Crippen LogP contribution in [0.2, 0.25) is 0 Å². The molecule has 0 unspecified atom stereocenters. The maximum atomic E-state index is 13.9.